The molecule has 0 saturated heterocycles. The van der Waals surface area contributed by atoms with E-state index in [2.05, 4.69) is 10.6 Å². The molecule has 5 rings (SSSR count). The van der Waals surface area contributed by atoms with Gasteiger partial charge in [0.2, 0.25) is 5.91 Å². The predicted molar refractivity (Wildman–Crippen MR) is 155 cm³/mol. The van der Waals surface area contributed by atoms with Crippen molar-refractivity contribution in [3.8, 4) is 11.4 Å². The van der Waals surface area contributed by atoms with Gasteiger partial charge >= 0.3 is 0 Å². The van der Waals surface area contributed by atoms with Crippen LogP contribution in [0.3, 0.4) is 0 Å². The number of hydrogen-bond donors (Lipinski definition) is 3. The minimum Gasteiger partial charge on any atom is -0.463 e. The van der Waals surface area contributed by atoms with Crippen molar-refractivity contribution in [2.75, 3.05) is 13.1 Å². The molecule has 2 aromatic heterocycles. The van der Waals surface area contributed by atoms with Crippen LogP contribution in [0, 0.1) is 12.7 Å². The van der Waals surface area contributed by atoms with E-state index in [9.17, 15) is 23.9 Å². The van der Waals surface area contributed by atoms with Gasteiger partial charge in [0, 0.05) is 17.0 Å². The highest BCUT2D eigenvalue weighted by molar-refractivity contribution is 5.93. The van der Waals surface area contributed by atoms with E-state index in [1.54, 1.807) is 31.4 Å². The summed E-state index contributed by atoms with van der Waals surface area (Å²) in [4.78, 5) is 42.3. The number of aliphatic hydroxyl groups is 1. The van der Waals surface area contributed by atoms with Crippen LogP contribution >= 0.6 is 0 Å². The van der Waals surface area contributed by atoms with Crippen molar-refractivity contribution in [2.45, 2.75) is 85.6 Å². The first-order valence-electron chi connectivity index (χ1n) is 14.3. The topological polar surface area (TPSA) is 123 Å². The molecule has 10 heteroatoms. The Hall–Kier alpha value is -3.63. The van der Waals surface area contributed by atoms with Gasteiger partial charge < -0.3 is 25.0 Å². The highest BCUT2D eigenvalue weighted by atomic mass is 19.1. The number of aryl methyl sites for hydroxylation is 1. The van der Waals surface area contributed by atoms with E-state index < -0.39 is 11.2 Å². The zero-order valence-electron chi connectivity index (χ0n) is 24.6. The number of pyridine rings is 2. The van der Waals surface area contributed by atoms with E-state index in [0.717, 1.165) is 22.1 Å². The van der Waals surface area contributed by atoms with Crippen LogP contribution in [0.4, 0.5) is 4.39 Å². The molecule has 2 atom stereocenters. The summed E-state index contributed by atoms with van der Waals surface area (Å²) in [6.07, 6.45) is 1.49. The number of amides is 1. The third kappa shape index (κ3) is 5.26. The molecule has 9 nitrogen and oxygen atoms in total. The van der Waals surface area contributed by atoms with Crippen LogP contribution in [0.2, 0.25) is 0 Å². The molecule has 0 spiro atoms. The molecule has 220 valence electrons. The van der Waals surface area contributed by atoms with Crippen LogP contribution in [0.15, 0.2) is 16.9 Å². The van der Waals surface area contributed by atoms with E-state index in [1.807, 2.05) is 20.8 Å². The maximum absolute atomic E-state index is 15.0. The molecule has 3 aromatic rings. The molecule has 3 heterocycles. The number of hydrogen-bond acceptors (Lipinski definition) is 7. The molecular formula is C31H39FN4O5. The Bertz CT molecular complexity index is 1560. The van der Waals surface area contributed by atoms with E-state index in [4.69, 9.17) is 9.72 Å². The number of carbonyl (C=O) groups is 2. The smallest absolute Gasteiger partial charge is 0.293 e. The lowest BCUT2D eigenvalue weighted by atomic mass is 9.81. The minimum atomic E-state index is -1.36. The number of rotatable bonds is 9. The molecule has 1 aliphatic carbocycles. The van der Waals surface area contributed by atoms with Crippen molar-refractivity contribution in [2.24, 2.45) is 0 Å². The summed E-state index contributed by atoms with van der Waals surface area (Å²) in [7, 11) is 0. The fourth-order valence-electron chi connectivity index (χ4n) is 5.90. The van der Waals surface area contributed by atoms with Crippen molar-refractivity contribution in [1.82, 2.24) is 20.2 Å². The Labute approximate surface area is 239 Å². The standard InChI is InChI=1S/C29H33FN4O5.C2H6/c1-5-29(4,38)19-9-23-27-17(12-34(23)28(37)18(19)13-39-14-35)26-21(32-24(36)11-31-6-2)8-7-16-15(3)20(30)10-22(33-27)25(16)26;1-2/h9-10,14,21,31,38H,5-8,11-13H2,1-4H3,(H,32,36);1-2H3. The lowest BCUT2D eigenvalue weighted by Gasteiger charge is -2.29. The Morgan fingerprint density at radius 3 is 2.68 bits per heavy atom. The van der Waals surface area contributed by atoms with E-state index in [1.165, 1.54) is 6.07 Å². The Balaban J connectivity index is 0.00000189. The van der Waals surface area contributed by atoms with E-state index >= 15 is 0 Å². The number of carbonyl (C=O) groups excluding carboxylic acids is 2. The summed E-state index contributed by atoms with van der Waals surface area (Å²) in [6.45, 7) is 12.1. The Morgan fingerprint density at radius 2 is 2.02 bits per heavy atom. The van der Waals surface area contributed by atoms with Gasteiger partial charge in [-0.3, -0.25) is 14.4 Å². The fraction of sp³-hybridized carbons (Fsp3) is 0.484. The number of nitrogens with one attached hydrogen (secondary N) is 2. The van der Waals surface area contributed by atoms with Gasteiger partial charge in [0.05, 0.1) is 47.2 Å². The van der Waals surface area contributed by atoms with Crippen molar-refractivity contribution in [3.05, 3.63) is 61.7 Å². The van der Waals surface area contributed by atoms with Gasteiger partial charge in [-0.2, -0.15) is 0 Å². The minimum absolute atomic E-state index is 0.148. The summed E-state index contributed by atoms with van der Waals surface area (Å²) in [6, 6.07) is 2.80. The molecule has 1 aromatic carbocycles. The molecule has 0 fully saturated rings. The number of benzene rings is 1. The number of nitrogens with zero attached hydrogens (tertiary/aromatic N) is 2. The van der Waals surface area contributed by atoms with Gasteiger partial charge in [0.15, 0.2) is 0 Å². The third-order valence-corrected chi connectivity index (χ3v) is 8.17. The van der Waals surface area contributed by atoms with Crippen LogP contribution < -0.4 is 16.2 Å². The molecular weight excluding hydrogens is 527 g/mol. The average molecular weight is 567 g/mol. The second-order valence-electron chi connectivity index (χ2n) is 10.5. The summed E-state index contributed by atoms with van der Waals surface area (Å²) in [5.74, 6) is -0.498. The average Bonchev–Trinajstić information content (AvgIpc) is 3.34. The molecule has 0 bridgehead atoms. The van der Waals surface area contributed by atoms with Crippen LogP contribution in [0.1, 0.15) is 86.9 Å². The number of likely N-dealkylation sites (N-methyl/N-ethyl adjacent to an activating group) is 1. The first-order valence-corrected chi connectivity index (χ1v) is 14.3. The second-order valence-corrected chi connectivity index (χ2v) is 10.5. The molecule has 2 unspecified atom stereocenters. The number of ether oxygens (including phenoxy) is 1. The Morgan fingerprint density at radius 1 is 1.29 bits per heavy atom. The van der Waals surface area contributed by atoms with Crippen LogP contribution in [-0.4, -0.2) is 40.1 Å². The van der Waals surface area contributed by atoms with Gasteiger partial charge in [-0.25, -0.2) is 9.37 Å². The van der Waals surface area contributed by atoms with Crippen LogP contribution in [0.5, 0.6) is 0 Å². The molecule has 41 heavy (non-hydrogen) atoms. The summed E-state index contributed by atoms with van der Waals surface area (Å²) in [5.41, 5.74) is 3.35. The monoisotopic (exact) mass is 566 g/mol. The Kier molecular flexibility index (Phi) is 8.94. The first-order chi connectivity index (χ1) is 19.6. The first kappa shape index (κ1) is 30.3. The lowest BCUT2D eigenvalue weighted by molar-refractivity contribution is -0.130. The quantitative estimate of drug-likeness (QED) is 0.263. The summed E-state index contributed by atoms with van der Waals surface area (Å²) >= 11 is 0. The van der Waals surface area contributed by atoms with Gasteiger partial charge in [-0.1, -0.05) is 27.7 Å². The van der Waals surface area contributed by atoms with Crippen molar-refractivity contribution in [3.63, 3.8) is 0 Å². The van der Waals surface area contributed by atoms with Crippen molar-refractivity contribution in [1.29, 1.82) is 0 Å². The largest absolute Gasteiger partial charge is 0.463 e. The van der Waals surface area contributed by atoms with E-state index in [0.29, 0.717) is 53.8 Å². The summed E-state index contributed by atoms with van der Waals surface area (Å²) < 4.78 is 21.5. The number of aromatic nitrogens is 2. The van der Waals surface area contributed by atoms with E-state index in [-0.39, 0.29) is 49.5 Å². The van der Waals surface area contributed by atoms with Crippen LogP contribution in [0.25, 0.3) is 22.3 Å². The summed E-state index contributed by atoms with van der Waals surface area (Å²) in [5, 5.41) is 18.2. The fourth-order valence-corrected chi connectivity index (χ4v) is 5.90. The molecule has 3 N–H and O–H groups in total. The maximum atomic E-state index is 15.0. The highest BCUT2D eigenvalue weighted by Gasteiger charge is 2.36. The number of halogens is 1. The predicted octanol–water partition coefficient (Wildman–Crippen LogP) is 3.90. The van der Waals surface area contributed by atoms with Gasteiger partial charge in [0.1, 0.15) is 12.4 Å². The molecule has 1 amide bonds. The second kappa shape index (κ2) is 12.1. The SMILES string of the molecule is CC.CCNCC(=O)NC1CCc2c(C)c(F)cc3nc4c(c1c23)Cn1c-4cc(C(C)(O)CC)c(COC=O)c1=O. The highest BCUT2D eigenvalue weighted by Crippen LogP contribution is 2.45. The van der Waals surface area contributed by atoms with Gasteiger partial charge in [-0.05, 0) is 68.0 Å². The van der Waals surface area contributed by atoms with Crippen molar-refractivity contribution < 1.29 is 23.8 Å². The van der Waals surface area contributed by atoms with Gasteiger partial charge in [0.25, 0.3) is 12.0 Å². The molecule has 2 aliphatic rings. The van der Waals surface area contributed by atoms with Crippen molar-refractivity contribution >= 4 is 23.3 Å². The molecule has 0 radical (unpaired) electrons. The maximum Gasteiger partial charge on any atom is 0.293 e. The van der Waals surface area contributed by atoms with Crippen LogP contribution in [-0.2, 0) is 39.5 Å². The van der Waals surface area contributed by atoms with Gasteiger partial charge in [-0.15, -0.1) is 0 Å². The molecule has 1 aliphatic heterocycles. The number of fused-ring (bicyclic) bond motifs is 4. The lowest BCUT2D eigenvalue weighted by Crippen LogP contribution is -2.38. The zero-order valence-corrected chi connectivity index (χ0v) is 24.6. The zero-order chi connectivity index (χ0) is 30.1. The molecule has 0 saturated carbocycles. The normalized spacial score (nSPS) is 16.2. The third-order valence-electron chi connectivity index (χ3n) is 8.17.